The van der Waals surface area contributed by atoms with Crippen LogP contribution in [0.5, 0.6) is 40.2 Å². The number of ether oxygens (including phenoxy) is 7. The minimum Gasteiger partial charge on any atom is -0.493 e. The number of nitrogens with one attached hydrogen (secondary N) is 2. The van der Waals surface area contributed by atoms with E-state index >= 15 is 0 Å². The zero-order valence-corrected chi connectivity index (χ0v) is 27.6. The second-order valence-electron chi connectivity index (χ2n) is 10.4. The van der Waals surface area contributed by atoms with E-state index in [1.807, 2.05) is 60.7 Å². The lowest BCUT2D eigenvalue weighted by molar-refractivity contribution is 0.0935. The van der Waals surface area contributed by atoms with Crippen LogP contribution in [-0.4, -0.2) is 54.7 Å². The van der Waals surface area contributed by atoms with E-state index in [1.54, 1.807) is 53.7 Å². The van der Waals surface area contributed by atoms with E-state index in [0.717, 1.165) is 16.7 Å². The average Bonchev–Trinajstić information content (AvgIpc) is 3.10. The van der Waals surface area contributed by atoms with Crippen molar-refractivity contribution in [2.45, 2.75) is 12.6 Å². The zero-order chi connectivity index (χ0) is 33.3. The fraction of sp³-hybridized carbons (Fsp3) is 0.250. The van der Waals surface area contributed by atoms with Crippen LogP contribution in [0.15, 0.2) is 66.7 Å². The second-order valence-corrected chi connectivity index (χ2v) is 10.8. The molecule has 0 saturated carbocycles. The fourth-order valence-electron chi connectivity index (χ4n) is 5.10. The van der Waals surface area contributed by atoms with Crippen LogP contribution in [0.4, 0.5) is 5.69 Å². The monoisotopic (exact) mass is 660 g/mol. The molecule has 1 unspecified atom stereocenters. The van der Waals surface area contributed by atoms with Gasteiger partial charge in [-0.25, -0.2) is 0 Å². The molecule has 1 aliphatic heterocycles. The highest BCUT2D eigenvalue weighted by atomic mass is 35.5. The molecule has 0 aromatic heterocycles. The Morgan fingerprint density at radius 2 is 1.28 bits per heavy atom. The smallest absolute Gasteiger partial charge is 0.255 e. The third-order valence-electron chi connectivity index (χ3n) is 7.47. The number of amides is 1. The van der Waals surface area contributed by atoms with Crippen molar-refractivity contribution in [1.82, 2.24) is 5.32 Å². The van der Waals surface area contributed by atoms with Crippen LogP contribution in [-0.2, 0) is 0 Å². The summed E-state index contributed by atoms with van der Waals surface area (Å²) in [6, 6.07) is 20.2. The Balaban J connectivity index is 1.18. The van der Waals surface area contributed by atoms with Gasteiger partial charge < -0.3 is 43.8 Å². The summed E-state index contributed by atoms with van der Waals surface area (Å²) in [5.41, 5.74) is 3.83. The minimum atomic E-state index is -0.435. The molecule has 0 aliphatic carbocycles. The number of benzene rings is 4. The summed E-state index contributed by atoms with van der Waals surface area (Å²) in [6.45, 7) is 0.795. The summed E-state index contributed by atoms with van der Waals surface area (Å²) in [5, 5.41) is 6.78. The van der Waals surface area contributed by atoms with Crippen LogP contribution < -0.4 is 43.8 Å². The lowest BCUT2D eigenvalue weighted by Crippen LogP contribution is -2.38. The van der Waals surface area contributed by atoms with Gasteiger partial charge in [-0.1, -0.05) is 35.9 Å². The van der Waals surface area contributed by atoms with E-state index in [4.69, 9.17) is 44.8 Å². The van der Waals surface area contributed by atoms with Crippen molar-refractivity contribution < 1.29 is 38.0 Å². The molecule has 0 radical (unpaired) electrons. The van der Waals surface area contributed by atoms with E-state index in [1.165, 1.54) is 0 Å². The first-order valence-electron chi connectivity index (χ1n) is 14.8. The molecule has 1 amide bonds. The number of anilines is 1. The predicted octanol–water partition coefficient (Wildman–Crippen LogP) is 7.26. The van der Waals surface area contributed by atoms with Crippen LogP contribution in [0.2, 0.25) is 5.02 Å². The van der Waals surface area contributed by atoms with Crippen molar-refractivity contribution in [3.63, 3.8) is 0 Å². The number of halogens is 1. The maximum atomic E-state index is 12.7. The number of rotatable bonds is 14. The molecule has 11 heteroatoms. The van der Waals surface area contributed by atoms with Crippen molar-refractivity contribution in [1.29, 1.82) is 0 Å². The number of carbonyl (C=O) groups excluding carboxylic acids is 1. The minimum absolute atomic E-state index is 0.206. The van der Waals surface area contributed by atoms with Crippen LogP contribution in [0.3, 0.4) is 0 Å². The summed E-state index contributed by atoms with van der Waals surface area (Å²) < 4.78 is 39.5. The Kier molecular flexibility index (Phi) is 10.8. The van der Waals surface area contributed by atoms with Gasteiger partial charge in [0.05, 0.1) is 54.3 Å². The van der Waals surface area contributed by atoms with E-state index in [2.05, 4.69) is 10.6 Å². The first-order valence-corrected chi connectivity index (χ1v) is 15.2. The summed E-state index contributed by atoms with van der Waals surface area (Å²) >= 11 is 6.06. The highest BCUT2D eigenvalue weighted by Crippen LogP contribution is 2.39. The molecule has 246 valence electrons. The third-order valence-corrected chi connectivity index (χ3v) is 7.70. The van der Waals surface area contributed by atoms with Gasteiger partial charge in [-0.2, -0.15) is 0 Å². The van der Waals surface area contributed by atoms with Crippen molar-refractivity contribution in [2.24, 2.45) is 0 Å². The van der Waals surface area contributed by atoms with Crippen LogP contribution >= 0.6 is 11.6 Å². The lowest BCUT2D eigenvalue weighted by Gasteiger charge is -2.28. The summed E-state index contributed by atoms with van der Waals surface area (Å²) in [5.74, 6) is 3.87. The summed E-state index contributed by atoms with van der Waals surface area (Å²) in [6.07, 6.45) is 4.10. The van der Waals surface area contributed by atoms with Crippen molar-refractivity contribution in [3.05, 3.63) is 94.0 Å². The molecule has 5 rings (SSSR count). The molecule has 4 aromatic rings. The van der Waals surface area contributed by atoms with E-state index in [-0.39, 0.29) is 5.91 Å². The van der Waals surface area contributed by atoms with E-state index < -0.39 is 6.17 Å². The first-order chi connectivity index (χ1) is 22.9. The molecule has 0 fully saturated rings. The van der Waals surface area contributed by atoms with Gasteiger partial charge in [-0.15, -0.1) is 0 Å². The Bertz CT molecular complexity index is 1730. The van der Waals surface area contributed by atoms with Crippen molar-refractivity contribution >= 4 is 35.3 Å². The van der Waals surface area contributed by atoms with Crippen LogP contribution in [0.25, 0.3) is 12.2 Å². The largest absolute Gasteiger partial charge is 0.493 e. The average molecular weight is 661 g/mol. The van der Waals surface area contributed by atoms with E-state index in [9.17, 15) is 4.79 Å². The number of hydrogen-bond donors (Lipinski definition) is 2. The second kappa shape index (κ2) is 15.4. The number of carbonyl (C=O) groups is 1. The molecule has 10 nitrogen and oxygen atoms in total. The molecular weight excluding hydrogens is 624 g/mol. The lowest BCUT2D eigenvalue weighted by atomic mass is 10.1. The Morgan fingerprint density at radius 3 is 1.96 bits per heavy atom. The van der Waals surface area contributed by atoms with Gasteiger partial charge in [-0.3, -0.25) is 4.79 Å². The van der Waals surface area contributed by atoms with Gasteiger partial charge in [0.1, 0.15) is 6.17 Å². The molecule has 0 spiro atoms. The quantitative estimate of drug-likeness (QED) is 0.107. The molecule has 2 N–H and O–H groups in total. The maximum absolute atomic E-state index is 12.7. The van der Waals surface area contributed by atoms with Crippen molar-refractivity contribution in [2.75, 3.05) is 54.1 Å². The molecule has 4 aromatic carbocycles. The normalized spacial score (nSPS) is 13.7. The molecule has 0 saturated heterocycles. The van der Waals surface area contributed by atoms with Crippen LogP contribution in [0.1, 0.15) is 39.6 Å². The molecule has 1 aliphatic rings. The van der Waals surface area contributed by atoms with Gasteiger partial charge in [-0.05, 0) is 71.3 Å². The van der Waals surface area contributed by atoms with Gasteiger partial charge >= 0.3 is 0 Å². The van der Waals surface area contributed by atoms with Crippen LogP contribution in [0, 0.1) is 0 Å². The SMILES string of the molecule is COc1cc(C2NC(=O)c3cc(Cl)ccc3N2)ccc1OCCCOc1cc(/C=C/c2cc(OC)c(OC)c(OC)c2)ccc1OC. The van der Waals surface area contributed by atoms with Crippen molar-refractivity contribution in [3.8, 4) is 40.2 Å². The Hall–Kier alpha value is -5.22. The van der Waals surface area contributed by atoms with Gasteiger partial charge in [0.2, 0.25) is 5.75 Å². The highest BCUT2D eigenvalue weighted by molar-refractivity contribution is 6.31. The molecule has 0 bridgehead atoms. The number of hydrogen-bond acceptors (Lipinski definition) is 9. The predicted molar refractivity (Wildman–Crippen MR) is 182 cm³/mol. The standard InChI is InChI=1S/C36H37ClN2O8/c1-41-28-13-9-22(7-8-23-18-32(43-3)34(45-5)33(19-23)44-4)17-31(28)47-16-6-15-46-29-14-10-24(20-30(29)42-2)35-38-27-12-11-25(37)21-26(27)36(40)39-35/h7-14,17-21,35,38H,6,15-16H2,1-5H3,(H,39,40)/b8-7+. The summed E-state index contributed by atoms with van der Waals surface area (Å²) in [4.78, 5) is 12.7. The highest BCUT2D eigenvalue weighted by Gasteiger charge is 2.25. The first kappa shape index (κ1) is 33.2. The summed E-state index contributed by atoms with van der Waals surface area (Å²) in [7, 11) is 7.93. The topological polar surface area (TPSA) is 106 Å². The Morgan fingerprint density at radius 1 is 0.638 bits per heavy atom. The Labute approximate surface area is 279 Å². The van der Waals surface area contributed by atoms with Gasteiger partial charge in [0.25, 0.3) is 5.91 Å². The molecule has 47 heavy (non-hydrogen) atoms. The molecule has 1 heterocycles. The maximum Gasteiger partial charge on any atom is 0.255 e. The van der Waals surface area contributed by atoms with Gasteiger partial charge in [0, 0.05) is 17.1 Å². The van der Waals surface area contributed by atoms with Gasteiger partial charge in [0.15, 0.2) is 34.5 Å². The fourth-order valence-corrected chi connectivity index (χ4v) is 5.28. The number of methoxy groups -OCH3 is 5. The van der Waals surface area contributed by atoms with E-state index in [0.29, 0.717) is 76.2 Å². The molecule has 1 atom stereocenters. The number of fused-ring (bicyclic) bond motifs is 1. The third kappa shape index (κ3) is 7.78. The zero-order valence-electron chi connectivity index (χ0n) is 26.8. The molecular formula is C36H37ClN2O8.